The van der Waals surface area contributed by atoms with Gasteiger partial charge in [0, 0.05) is 0 Å². The van der Waals surface area contributed by atoms with Crippen LogP contribution in [-0.4, -0.2) is 71.0 Å². The molecule has 0 aromatic heterocycles. The fraction of sp³-hybridized carbons (Fsp3) is 0.900. The van der Waals surface area contributed by atoms with E-state index in [0.717, 1.165) is 6.42 Å². The predicted octanol–water partition coefficient (Wildman–Crippen LogP) is -0.430. The lowest BCUT2D eigenvalue weighted by Crippen LogP contribution is -2.39. The largest absolute Gasteiger partial charge is 0.463 e. The molecular formula is C20H32O8. The normalized spacial score (nSPS) is 40.8. The Kier molecular flexibility index (Phi) is 6.64. The van der Waals surface area contributed by atoms with Crippen LogP contribution in [0.3, 0.4) is 0 Å². The smallest absolute Gasteiger partial charge is 0.310 e. The Morgan fingerprint density at radius 2 is 1.39 bits per heavy atom. The van der Waals surface area contributed by atoms with E-state index in [2.05, 4.69) is 13.8 Å². The summed E-state index contributed by atoms with van der Waals surface area (Å²) in [7, 11) is 0. The van der Waals surface area contributed by atoms with E-state index in [1.54, 1.807) is 0 Å². The van der Waals surface area contributed by atoms with Gasteiger partial charge in [-0.05, 0) is 48.3 Å². The zero-order valence-corrected chi connectivity index (χ0v) is 16.4. The summed E-state index contributed by atoms with van der Waals surface area (Å²) in [4.78, 5) is 25.6. The van der Waals surface area contributed by atoms with Crippen LogP contribution < -0.4 is 0 Å². The van der Waals surface area contributed by atoms with Crippen molar-refractivity contribution in [2.45, 2.75) is 38.9 Å². The minimum Gasteiger partial charge on any atom is -0.463 e. The van der Waals surface area contributed by atoms with Gasteiger partial charge in [-0.2, -0.15) is 0 Å². The third kappa shape index (κ3) is 3.79. The summed E-state index contributed by atoms with van der Waals surface area (Å²) >= 11 is 0. The average molecular weight is 400 g/mol. The highest BCUT2D eigenvalue weighted by Crippen LogP contribution is 2.66. The lowest BCUT2D eigenvalue weighted by molar-refractivity contribution is -0.165. The van der Waals surface area contributed by atoms with Crippen LogP contribution in [0.4, 0.5) is 0 Å². The third-order valence-corrected chi connectivity index (χ3v) is 7.47. The summed E-state index contributed by atoms with van der Waals surface area (Å²) < 4.78 is 10.4. The molecule has 3 saturated carbocycles. The molecule has 3 fully saturated rings. The first-order chi connectivity index (χ1) is 13.3. The number of aliphatic hydroxyl groups excluding tert-OH is 4. The molecule has 8 nitrogen and oxygen atoms in total. The molecule has 2 bridgehead atoms. The van der Waals surface area contributed by atoms with Gasteiger partial charge in [0.25, 0.3) is 0 Å². The Labute approximate surface area is 164 Å². The number of ether oxygens (including phenoxy) is 2. The molecular weight excluding hydrogens is 368 g/mol. The van der Waals surface area contributed by atoms with Crippen LogP contribution in [0.25, 0.3) is 0 Å². The van der Waals surface area contributed by atoms with Crippen LogP contribution in [0.1, 0.15) is 26.7 Å². The summed E-state index contributed by atoms with van der Waals surface area (Å²) in [5.74, 6) is -0.214. The van der Waals surface area contributed by atoms with Gasteiger partial charge in [-0.3, -0.25) is 9.59 Å². The number of rotatable bonds is 8. The fourth-order valence-corrected chi connectivity index (χ4v) is 6.00. The Morgan fingerprint density at radius 1 is 0.857 bits per heavy atom. The van der Waals surface area contributed by atoms with Crippen molar-refractivity contribution in [2.75, 3.05) is 26.4 Å². The summed E-state index contributed by atoms with van der Waals surface area (Å²) in [5.41, 5.74) is 0. The van der Waals surface area contributed by atoms with Crippen molar-refractivity contribution in [1.29, 1.82) is 0 Å². The number of hydrogen-bond acceptors (Lipinski definition) is 8. The second-order valence-corrected chi connectivity index (χ2v) is 8.82. The highest BCUT2D eigenvalue weighted by molar-refractivity contribution is 5.83. The van der Waals surface area contributed by atoms with Gasteiger partial charge in [-0.15, -0.1) is 0 Å². The first-order valence-corrected chi connectivity index (χ1v) is 10.2. The Morgan fingerprint density at radius 3 is 1.96 bits per heavy atom. The molecule has 3 aliphatic rings. The molecule has 0 radical (unpaired) electrons. The van der Waals surface area contributed by atoms with Crippen molar-refractivity contribution in [2.24, 2.45) is 47.3 Å². The maximum Gasteiger partial charge on any atom is 0.310 e. The highest BCUT2D eigenvalue weighted by atomic mass is 16.6. The maximum atomic E-state index is 12.9. The molecule has 3 rings (SSSR count). The zero-order chi connectivity index (χ0) is 20.6. The summed E-state index contributed by atoms with van der Waals surface area (Å²) in [6.45, 7) is 2.80. The molecule has 4 N–H and O–H groups in total. The van der Waals surface area contributed by atoms with Crippen molar-refractivity contribution in [3.05, 3.63) is 0 Å². The first kappa shape index (κ1) is 21.5. The van der Waals surface area contributed by atoms with E-state index >= 15 is 0 Å². The van der Waals surface area contributed by atoms with E-state index in [0.29, 0.717) is 30.1 Å². The summed E-state index contributed by atoms with van der Waals surface area (Å²) in [6, 6.07) is 0. The van der Waals surface area contributed by atoms with Gasteiger partial charge in [0.2, 0.25) is 0 Å². The van der Waals surface area contributed by atoms with Crippen LogP contribution >= 0.6 is 0 Å². The lowest BCUT2D eigenvalue weighted by atomic mass is 9.69. The van der Waals surface area contributed by atoms with Gasteiger partial charge in [0.05, 0.1) is 25.0 Å². The monoisotopic (exact) mass is 400 g/mol. The summed E-state index contributed by atoms with van der Waals surface area (Å²) in [6.07, 6.45) is -0.679. The van der Waals surface area contributed by atoms with Crippen molar-refractivity contribution in [1.82, 2.24) is 0 Å². The fourth-order valence-electron chi connectivity index (χ4n) is 6.00. The molecule has 3 aliphatic carbocycles. The molecule has 0 aliphatic heterocycles. The molecule has 0 spiro atoms. The molecule has 10 unspecified atom stereocenters. The van der Waals surface area contributed by atoms with Crippen LogP contribution in [-0.2, 0) is 19.1 Å². The van der Waals surface area contributed by atoms with Crippen molar-refractivity contribution in [3.63, 3.8) is 0 Å². The lowest BCUT2D eigenvalue weighted by Gasteiger charge is -2.36. The minimum atomic E-state index is -1.15. The molecule has 10 atom stereocenters. The van der Waals surface area contributed by atoms with Crippen molar-refractivity contribution in [3.8, 4) is 0 Å². The number of carbonyl (C=O) groups excluding carboxylic acids is 2. The Bertz CT molecular complexity index is 581. The van der Waals surface area contributed by atoms with Crippen LogP contribution in [0.2, 0.25) is 0 Å². The average Bonchev–Trinajstić information content (AvgIpc) is 3.33. The predicted molar refractivity (Wildman–Crippen MR) is 96.6 cm³/mol. The van der Waals surface area contributed by atoms with Crippen LogP contribution in [0.5, 0.6) is 0 Å². The SMILES string of the molecule is CC1C(C)C2CC1C1CC(C(=O)OCC(O)CO)C(C(=O)OCC(O)CO)C21. The number of esters is 2. The molecule has 0 amide bonds. The zero-order valence-electron chi connectivity index (χ0n) is 16.4. The Hall–Kier alpha value is -1.22. The second kappa shape index (κ2) is 8.65. The molecule has 28 heavy (non-hydrogen) atoms. The standard InChI is InChI=1S/C20H32O8/c1-9-10(2)14-3-13(9)15-4-16(19(25)27-7-11(23)5-21)18(17(14)15)20(26)28-8-12(24)6-22/h9-18,21-24H,3-8H2,1-2H3. The van der Waals surface area contributed by atoms with E-state index in [9.17, 15) is 19.8 Å². The molecule has 0 heterocycles. The number of fused-ring (bicyclic) bond motifs is 5. The van der Waals surface area contributed by atoms with E-state index in [4.69, 9.17) is 19.7 Å². The van der Waals surface area contributed by atoms with Gasteiger partial charge in [-0.25, -0.2) is 0 Å². The highest BCUT2D eigenvalue weighted by Gasteiger charge is 2.64. The topological polar surface area (TPSA) is 134 Å². The van der Waals surface area contributed by atoms with Gasteiger partial charge in [0.1, 0.15) is 25.4 Å². The van der Waals surface area contributed by atoms with Crippen molar-refractivity contribution >= 4 is 11.9 Å². The third-order valence-electron chi connectivity index (χ3n) is 7.47. The molecule has 0 saturated heterocycles. The first-order valence-electron chi connectivity index (χ1n) is 10.2. The van der Waals surface area contributed by atoms with E-state index in [1.165, 1.54) is 0 Å². The van der Waals surface area contributed by atoms with Gasteiger partial charge < -0.3 is 29.9 Å². The quantitative estimate of drug-likeness (QED) is 0.403. The molecule has 8 heteroatoms. The van der Waals surface area contributed by atoms with Crippen LogP contribution in [0, 0.1) is 47.3 Å². The van der Waals surface area contributed by atoms with E-state index in [1.807, 2.05) is 0 Å². The minimum absolute atomic E-state index is 0.0512. The van der Waals surface area contributed by atoms with E-state index < -0.39 is 49.2 Å². The molecule has 0 aromatic carbocycles. The van der Waals surface area contributed by atoms with Crippen LogP contribution in [0.15, 0.2) is 0 Å². The van der Waals surface area contributed by atoms with Crippen molar-refractivity contribution < 1.29 is 39.5 Å². The maximum absolute atomic E-state index is 12.9. The Balaban J connectivity index is 1.76. The van der Waals surface area contributed by atoms with Gasteiger partial charge in [0.15, 0.2) is 0 Å². The number of carbonyl (C=O) groups is 2. The van der Waals surface area contributed by atoms with Gasteiger partial charge >= 0.3 is 11.9 Å². The van der Waals surface area contributed by atoms with E-state index in [-0.39, 0.29) is 25.0 Å². The van der Waals surface area contributed by atoms with Gasteiger partial charge in [-0.1, -0.05) is 13.8 Å². The summed E-state index contributed by atoms with van der Waals surface area (Å²) in [5, 5.41) is 36.8. The number of aliphatic hydroxyl groups is 4. The second-order valence-electron chi connectivity index (χ2n) is 8.82. The molecule has 0 aromatic rings. The molecule has 160 valence electrons. The number of hydrogen-bond donors (Lipinski definition) is 4.